The maximum Gasteiger partial charge on any atom is 0.341 e. The van der Waals surface area contributed by atoms with Crippen molar-refractivity contribution < 1.29 is 24.2 Å². The predicted octanol–water partition coefficient (Wildman–Crippen LogP) is 4.01. The Bertz CT molecular complexity index is 840. The molecule has 1 heterocycles. The molecule has 0 atom stereocenters. The molecule has 0 saturated heterocycles. The van der Waals surface area contributed by atoms with Crippen LogP contribution in [-0.2, 0) is 14.3 Å². The molecule has 1 aromatic carbocycles. The molecular weight excluding hydrogens is 354 g/mol. The summed E-state index contributed by atoms with van der Waals surface area (Å²) in [6.07, 6.45) is 0.240. The Balaban J connectivity index is 2.29. The number of ether oxygens (including phenoxy) is 1. The number of anilines is 1. The summed E-state index contributed by atoms with van der Waals surface area (Å²) in [4.78, 5) is 34.9. The second-order valence-electron chi connectivity index (χ2n) is 5.94. The Kier molecular flexibility index (Phi) is 6.52. The van der Waals surface area contributed by atoms with E-state index in [1.165, 1.54) is 18.4 Å². The second-order valence-corrected chi connectivity index (χ2v) is 6.82. The molecule has 1 amide bonds. The van der Waals surface area contributed by atoms with E-state index in [0.717, 1.165) is 16.7 Å². The van der Waals surface area contributed by atoms with Crippen molar-refractivity contribution in [1.29, 1.82) is 0 Å². The number of amides is 1. The molecule has 0 spiro atoms. The molecule has 0 aliphatic rings. The molecule has 0 saturated carbocycles. The standard InChI is InChI=1S/C19H21NO5S/c1-11-7-8-13(9-12(11)2)14-10-26-18(17(14)19(24)25-3)20-15(21)5-4-6-16(22)23/h7-10H,4-6H2,1-3H3,(H,20,21)(H,22,23). The van der Waals surface area contributed by atoms with Crippen LogP contribution < -0.4 is 5.32 Å². The molecular formula is C19H21NO5S. The van der Waals surface area contributed by atoms with Crippen molar-refractivity contribution in [2.45, 2.75) is 33.1 Å². The van der Waals surface area contributed by atoms with E-state index in [1.807, 2.05) is 37.4 Å². The third kappa shape index (κ3) is 4.70. The van der Waals surface area contributed by atoms with Crippen molar-refractivity contribution in [2.24, 2.45) is 0 Å². The summed E-state index contributed by atoms with van der Waals surface area (Å²) in [7, 11) is 1.29. The Morgan fingerprint density at radius 2 is 1.88 bits per heavy atom. The van der Waals surface area contributed by atoms with Gasteiger partial charge in [-0.15, -0.1) is 11.3 Å². The van der Waals surface area contributed by atoms with Crippen molar-refractivity contribution >= 4 is 34.2 Å². The van der Waals surface area contributed by atoms with Crippen molar-refractivity contribution in [3.05, 3.63) is 40.3 Å². The quantitative estimate of drug-likeness (QED) is 0.713. The maximum atomic E-state index is 12.3. The van der Waals surface area contributed by atoms with Gasteiger partial charge in [-0.25, -0.2) is 4.79 Å². The predicted molar refractivity (Wildman–Crippen MR) is 101 cm³/mol. The van der Waals surface area contributed by atoms with Gasteiger partial charge >= 0.3 is 11.9 Å². The van der Waals surface area contributed by atoms with E-state index in [0.29, 0.717) is 16.1 Å². The number of hydrogen-bond donors (Lipinski definition) is 2. The Labute approximate surface area is 155 Å². The lowest BCUT2D eigenvalue weighted by Crippen LogP contribution is -2.14. The monoisotopic (exact) mass is 375 g/mol. The molecule has 26 heavy (non-hydrogen) atoms. The molecule has 2 aromatic rings. The minimum absolute atomic E-state index is 0.0732. The summed E-state index contributed by atoms with van der Waals surface area (Å²) in [6.45, 7) is 4.00. The number of hydrogen-bond acceptors (Lipinski definition) is 5. The molecule has 0 bridgehead atoms. The van der Waals surface area contributed by atoms with Gasteiger partial charge in [0.15, 0.2) is 0 Å². The number of rotatable bonds is 7. The number of carboxylic acids is 1. The Morgan fingerprint density at radius 1 is 1.15 bits per heavy atom. The maximum absolute atomic E-state index is 12.3. The summed E-state index contributed by atoms with van der Waals surface area (Å²) in [5, 5.41) is 13.6. The van der Waals surface area contributed by atoms with Crippen LogP contribution in [0.3, 0.4) is 0 Å². The lowest BCUT2D eigenvalue weighted by molar-refractivity contribution is -0.137. The minimum Gasteiger partial charge on any atom is -0.481 e. The molecule has 0 fully saturated rings. The van der Waals surface area contributed by atoms with Crippen LogP contribution in [0.4, 0.5) is 5.00 Å². The number of carbonyl (C=O) groups excluding carboxylic acids is 2. The second kappa shape index (κ2) is 8.62. The van der Waals surface area contributed by atoms with Crippen molar-refractivity contribution in [3.63, 3.8) is 0 Å². The normalized spacial score (nSPS) is 10.4. The van der Waals surface area contributed by atoms with Crippen LogP contribution in [0, 0.1) is 13.8 Å². The molecule has 6 nitrogen and oxygen atoms in total. The molecule has 7 heteroatoms. The first-order valence-corrected chi connectivity index (χ1v) is 9.00. The summed E-state index contributed by atoms with van der Waals surface area (Å²) < 4.78 is 4.88. The SMILES string of the molecule is COC(=O)c1c(-c2ccc(C)c(C)c2)csc1NC(=O)CCCC(=O)O. The van der Waals surface area contributed by atoms with Crippen LogP contribution in [0.25, 0.3) is 11.1 Å². The molecule has 0 aliphatic carbocycles. The van der Waals surface area contributed by atoms with E-state index in [9.17, 15) is 14.4 Å². The number of benzene rings is 1. The molecule has 2 rings (SSSR count). The molecule has 2 N–H and O–H groups in total. The summed E-state index contributed by atoms with van der Waals surface area (Å²) in [5.41, 5.74) is 4.13. The van der Waals surface area contributed by atoms with Crippen LogP contribution in [0.15, 0.2) is 23.6 Å². The van der Waals surface area contributed by atoms with Gasteiger partial charge in [0.05, 0.1) is 7.11 Å². The first-order chi connectivity index (χ1) is 12.3. The Morgan fingerprint density at radius 3 is 2.50 bits per heavy atom. The Hall–Kier alpha value is -2.67. The highest BCUT2D eigenvalue weighted by Gasteiger charge is 2.22. The topological polar surface area (TPSA) is 92.7 Å². The number of carboxylic acid groups (broad SMARTS) is 1. The fourth-order valence-corrected chi connectivity index (χ4v) is 3.44. The van der Waals surface area contributed by atoms with E-state index in [1.54, 1.807) is 0 Å². The van der Waals surface area contributed by atoms with Crippen LogP contribution in [0.1, 0.15) is 40.7 Å². The van der Waals surface area contributed by atoms with Gasteiger partial charge in [-0.3, -0.25) is 9.59 Å². The van der Waals surface area contributed by atoms with Crippen LogP contribution in [0.5, 0.6) is 0 Å². The summed E-state index contributed by atoms with van der Waals surface area (Å²) in [6, 6.07) is 5.89. The zero-order valence-corrected chi connectivity index (χ0v) is 15.7. The van der Waals surface area contributed by atoms with Crippen molar-refractivity contribution in [1.82, 2.24) is 0 Å². The fraction of sp³-hybridized carbons (Fsp3) is 0.316. The van der Waals surface area contributed by atoms with E-state index < -0.39 is 11.9 Å². The highest BCUT2D eigenvalue weighted by atomic mass is 32.1. The third-order valence-electron chi connectivity index (χ3n) is 4.05. The molecule has 0 aliphatic heterocycles. The van der Waals surface area contributed by atoms with Crippen molar-refractivity contribution in [3.8, 4) is 11.1 Å². The smallest absolute Gasteiger partial charge is 0.341 e. The molecule has 1 aromatic heterocycles. The number of aliphatic carboxylic acids is 1. The molecule has 0 unspecified atom stereocenters. The summed E-state index contributed by atoms with van der Waals surface area (Å²) in [5.74, 6) is -1.80. The van der Waals surface area contributed by atoms with Crippen LogP contribution in [-0.4, -0.2) is 30.1 Å². The van der Waals surface area contributed by atoms with Gasteiger partial charge in [-0.05, 0) is 37.0 Å². The van der Waals surface area contributed by atoms with Crippen LogP contribution >= 0.6 is 11.3 Å². The number of aryl methyl sites for hydroxylation is 2. The minimum atomic E-state index is -0.943. The van der Waals surface area contributed by atoms with E-state index in [4.69, 9.17) is 9.84 Å². The highest BCUT2D eigenvalue weighted by Crippen LogP contribution is 2.36. The van der Waals surface area contributed by atoms with E-state index in [-0.39, 0.29) is 25.2 Å². The van der Waals surface area contributed by atoms with Gasteiger partial charge in [0.2, 0.25) is 5.91 Å². The third-order valence-corrected chi connectivity index (χ3v) is 4.94. The first kappa shape index (κ1) is 19.7. The van der Waals surface area contributed by atoms with E-state index >= 15 is 0 Å². The van der Waals surface area contributed by atoms with Gasteiger partial charge in [-0.1, -0.05) is 18.2 Å². The lowest BCUT2D eigenvalue weighted by atomic mass is 9.99. The zero-order valence-electron chi connectivity index (χ0n) is 14.9. The average Bonchev–Trinajstić information content (AvgIpc) is 2.99. The van der Waals surface area contributed by atoms with Gasteiger partial charge in [0.1, 0.15) is 10.6 Å². The first-order valence-electron chi connectivity index (χ1n) is 8.12. The lowest BCUT2D eigenvalue weighted by Gasteiger charge is -2.09. The van der Waals surface area contributed by atoms with E-state index in [2.05, 4.69) is 5.32 Å². The number of carbonyl (C=O) groups is 3. The largest absolute Gasteiger partial charge is 0.481 e. The average molecular weight is 375 g/mol. The number of nitrogens with one attached hydrogen (secondary N) is 1. The fourth-order valence-electron chi connectivity index (χ4n) is 2.47. The van der Waals surface area contributed by atoms with Crippen LogP contribution in [0.2, 0.25) is 0 Å². The molecule has 0 radical (unpaired) electrons. The van der Waals surface area contributed by atoms with Gasteiger partial charge in [0.25, 0.3) is 0 Å². The van der Waals surface area contributed by atoms with Gasteiger partial charge in [0, 0.05) is 23.8 Å². The number of esters is 1. The molecule has 138 valence electrons. The van der Waals surface area contributed by atoms with Crippen molar-refractivity contribution in [2.75, 3.05) is 12.4 Å². The number of methoxy groups -OCH3 is 1. The van der Waals surface area contributed by atoms with Gasteiger partial charge < -0.3 is 15.2 Å². The highest BCUT2D eigenvalue weighted by molar-refractivity contribution is 7.15. The summed E-state index contributed by atoms with van der Waals surface area (Å²) >= 11 is 1.24. The number of thiophene rings is 1. The van der Waals surface area contributed by atoms with Gasteiger partial charge in [-0.2, -0.15) is 0 Å². The zero-order chi connectivity index (χ0) is 19.3.